The zero-order valence-electron chi connectivity index (χ0n) is 13.4. The number of rotatable bonds is 5. The molecule has 0 aromatic rings. The molecular weight excluding hydrogens is 252 g/mol. The lowest BCUT2D eigenvalue weighted by Crippen LogP contribution is -2.37. The van der Waals surface area contributed by atoms with E-state index in [1.165, 1.54) is 38.5 Å². The number of nitrogens with one attached hydrogen (secondary N) is 1. The number of nitrogens with two attached hydrogens (primary N) is 1. The molecule has 1 fully saturated rings. The monoisotopic (exact) mass is 284 g/mol. The summed E-state index contributed by atoms with van der Waals surface area (Å²) in [6, 6.07) is 0. The summed E-state index contributed by atoms with van der Waals surface area (Å²) in [5.41, 5.74) is 5.41. The van der Waals surface area contributed by atoms with Crippen LogP contribution in [0, 0.1) is 11.8 Å². The van der Waals surface area contributed by atoms with Crippen molar-refractivity contribution in [2.45, 2.75) is 71.3 Å². The van der Waals surface area contributed by atoms with E-state index in [1.54, 1.807) is 0 Å². The van der Waals surface area contributed by atoms with Crippen molar-refractivity contribution in [1.29, 1.82) is 0 Å². The molecule has 1 aliphatic carbocycles. The second-order valence-electron chi connectivity index (χ2n) is 7.08. The molecule has 1 unspecified atom stereocenters. The maximum atomic E-state index is 11.7. The Kier molecular flexibility index (Phi) is 7.35. The van der Waals surface area contributed by atoms with Crippen molar-refractivity contribution < 1.29 is 9.53 Å². The molecule has 0 aromatic carbocycles. The molecule has 0 aliphatic heterocycles. The second kappa shape index (κ2) is 8.50. The first-order valence-electron chi connectivity index (χ1n) is 8.07. The fraction of sp³-hybridized carbons (Fsp3) is 0.938. The van der Waals surface area contributed by atoms with Crippen molar-refractivity contribution in [2.24, 2.45) is 17.6 Å². The van der Waals surface area contributed by atoms with Gasteiger partial charge >= 0.3 is 6.09 Å². The van der Waals surface area contributed by atoms with E-state index >= 15 is 0 Å². The van der Waals surface area contributed by atoms with Gasteiger partial charge in [-0.2, -0.15) is 0 Å². The van der Waals surface area contributed by atoms with Gasteiger partial charge in [0.05, 0.1) is 0 Å². The van der Waals surface area contributed by atoms with Crippen molar-refractivity contribution in [2.75, 3.05) is 13.1 Å². The van der Waals surface area contributed by atoms with Crippen LogP contribution >= 0.6 is 0 Å². The zero-order chi connectivity index (χ0) is 15.0. The highest BCUT2D eigenvalue weighted by molar-refractivity contribution is 5.67. The first kappa shape index (κ1) is 17.3. The molecule has 20 heavy (non-hydrogen) atoms. The van der Waals surface area contributed by atoms with Crippen LogP contribution in [0.3, 0.4) is 0 Å². The number of amides is 1. The highest BCUT2D eigenvalue weighted by atomic mass is 16.6. The molecule has 1 rings (SSSR count). The van der Waals surface area contributed by atoms with Crippen molar-refractivity contribution in [3.05, 3.63) is 0 Å². The summed E-state index contributed by atoms with van der Waals surface area (Å²) in [5.74, 6) is 1.15. The van der Waals surface area contributed by atoms with Crippen molar-refractivity contribution in [1.82, 2.24) is 5.32 Å². The minimum absolute atomic E-state index is 0.336. The van der Waals surface area contributed by atoms with Crippen LogP contribution in [0.5, 0.6) is 0 Å². The Morgan fingerprint density at radius 3 is 2.35 bits per heavy atom. The van der Waals surface area contributed by atoms with Gasteiger partial charge in [0.15, 0.2) is 0 Å². The molecule has 0 radical (unpaired) electrons. The van der Waals surface area contributed by atoms with Crippen LogP contribution in [0.15, 0.2) is 0 Å². The third-order valence-electron chi connectivity index (χ3n) is 3.91. The number of hydrogen-bond donors (Lipinski definition) is 2. The molecule has 118 valence electrons. The molecule has 1 saturated carbocycles. The lowest BCUT2D eigenvalue weighted by atomic mass is 9.89. The Hall–Kier alpha value is -0.770. The first-order valence-corrected chi connectivity index (χ1v) is 8.07. The lowest BCUT2D eigenvalue weighted by Gasteiger charge is -2.23. The average molecular weight is 284 g/mol. The Balaban J connectivity index is 2.29. The van der Waals surface area contributed by atoms with E-state index in [-0.39, 0.29) is 6.09 Å². The van der Waals surface area contributed by atoms with E-state index < -0.39 is 5.60 Å². The van der Waals surface area contributed by atoms with Gasteiger partial charge in [0.1, 0.15) is 5.60 Å². The van der Waals surface area contributed by atoms with Gasteiger partial charge in [-0.25, -0.2) is 4.79 Å². The van der Waals surface area contributed by atoms with Gasteiger partial charge in [-0.3, -0.25) is 0 Å². The molecular formula is C16H32N2O2. The topological polar surface area (TPSA) is 64.3 Å². The average Bonchev–Trinajstić information content (AvgIpc) is 2.60. The van der Waals surface area contributed by atoms with Crippen LogP contribution in [-0.2, 0) is 4.74 Å². The summed E-state index contributed by atoms with van der Waals surface area (Å²) < 4.78 is 5.25. The van der Waals surface area contributed by atoms with E-state index in [4.69, 9.17) is 10.5 Å². The lowest BCUT2D eigenvalue weighted by molar-refractivity contribution is 0.0517. The van der Waals surface area contributed by atoms with Crippen LogP contribution in [0.4, 0.5) is 4.79 Å². The van der Waals surface area contributed by atoms with E-state index in [9.17, 15) is 4.79 Å². The molecule has 0 bridgehead atoms. The Bertz CT molecular complexity index is 279. The third-order valence-corrected chi connectivity index (χ3v) is 3.91. The van der Waals surface area contributed by atoms with Crippen molar-refractivity contribution >= 4 is 6.09 Å². The molecule has 0 aromatic heterocycles. The number of alkyl carbamates (subject to hydrolysis) is 1. The molecule has 1 aliphatic rings. The van der Waals surface area contributed by atoms with Crippen LogP contribution in [-0.4, -0.2) is 24.8 Å². The minimum atomic E-state index is -0.441. The largest absolute Gasteiger partial charge is 0.444 e. The normalized spacial score (nSPS) is 19.2. The highest BCUT2D eigenvalue weighted by Crippen LogP contribution is 2.27. The summed E-state index contributed by atoms with van der Waals surface area (Å²) in [7, 11) is 0. The van der Waals surface area contributed by atoms with Crippen molar-refractivity contribution in [3.63, 3.8) is 0 Å². The predicted octanol–water partition coefficient (Wildman–Crippen LogP) is 3.45. The summed E-state index contributed by atoms with van der Waals surface area (Å²) >= 11 is 0. The Morgan fingerprint density at radius 2 is 1.85 bits per heavy atom. The fourth-order valence-corrected chi connectivity index (χ4v) is 2.88. The van der Waals surface area contributed by atoms with E-state index in [0.717, 1.165) is 12.3 Å². The summed E-state index contributed by atoms with van der Waals surface area (Å²) in [6.45, 7) is 6.88. The summed E-state index contributed by atoms with van der Waals surface area (Å²) in [5, 5.41) is 2.85. The van der Waals surface area contributed by atoms with Crippen LogP contribution in [0.2, 0.25) is 0 Å². The van der Waals surface area contributed by atoms with Gasteiger partial charge in [-0.15, -0.1) is 0 Å². The van der Waals surface area contributed by atoms with Gasteiger partial charge < -0.3 is 15.8 Å². The molecule has 0 heterocycles. The second-order valence-corrected chi connectivity index (χ2v) is 7.08. The molecule has 4 heteroatoms. The predicted molar refractivity (Wildman–Crippen MR) is 82.6 cm³/mol. The van der Waals surface area contributed by atoms with Gasteiger partial charge in [-0.05, 0) is 45.6 Å². The summed E-state index contributed by atoms with van der Waals surface area (Å²) in [6.07, 6.45) is 8.89. The minimum Gasteiger partial charge on any atom is -0.444 e. The summed E-state index contributed by atoms with van der Waals surface area (Å²) in [4.78, 5) is 11.7. The molecule has 0 spiro atoms. The van der Waals surface area contributed by atoms with Crippen molar-refractivity contribution in [3.8, 4) is 0 Å². The van der Waals surface area contributed by atoms with E-state index in [2.05, 4.69) is 5.32 Å². The maximum absolute atomic E-state index is 11.7. The molecule has 0 saturated heterocycles. The maximum Gasteiger partial charge on any atom is 0.407 e. The number of carbonyl (C=O) groups excluding carboxylic acids is 1. The molecule has 1 atom stereocenters. The number of hydrogen-bond acceptors (Lipinski definition) is 3. The van der Waals surface area contributed by atoms with Gasteiger partial charge in [-0.1, -0.05) is 38.5 Å². The van der Waals surface area contributed by atoms with E-state index in [1.807, 2.05) is 20.8 Å². The Labute approximate surface area is 123 Å². The first-order chi connectivity index (χ1) is 9.40. The van der Waals surface area contributed by atoms with Crippen LogP contribution < -0.4 is 11.1 Å². The standard InChI is InChI=1S/C16H32N2O2/c1-16(2,3)20-15(19)18-12-14(11-17)10-13-8-6-4-5-7-9-13/h13-14H,4-12,17H2,1-3H3,(H,18,19). The molecule has 3 N–H and O–H groups in total. The quantitative estimate of drug-likeness (QED) is 0.760. The Morgan fingerprint density at radius 1 is 1.25 bits per heavy atom. The SMILES string of the molecule is CC(C)(C)OC(=O)NCC(CN)CC1CCCCCC1. The molecule has 1 amide bonds. The highest BCUT2D eigenvalue weighted by Gasteiger charge is 2.20. The van der Waals surface area contributed by atoms with E-state index in [0.29, 0.717) is 19.0 Å². The van der Waals surface area contributed by atoms with Crippen LogP contribution in [0.25, 0.3) is 0 Å². The number of carbonyl (C=O) groups is 1. The van der Waals surface area contributed by atoms with Gasteiger partial charge in [0, 0.05) is 6.54 Å². The fourth-order valence-electron chi connectivity index (χ4n) is 2.88. The zero-order valence-corrected chi connectivity index (χ0v) is 13.4. The third kappa shape index (κ3) is 7.73. The number of ether oxygens (including phenoxy) is 1. The van der Waals surface area contributed by atoms with Gasteiger partial charge in [0.25, 0.3) is 0 Å². The van der Waals surface area contributed by atoms with Gasteiger partial charge in [0.2, 0.25) is 0 Å². The van der Waals surface area contributed by atoms with Crippen LogP contribution in [0.1, 0.15) is 65.7 Å². The smallest absolute Gasteiger partial charge is 0.407 e. The molecule has 4 nitrogen and oxygen atoms in total.